The molecule has 1 aliphatic heterocycles. The first-order valence-corrected chi connectivity index (χ1v) is 12.5. The minimum absolute atomic E-state index is 0.108. The fourth-order valence-electron chi connectivity index (χ4n) is 4.37. The van der Waals surface area contributed by atoms with Crippen molar-refractivity contribution >= 4 is 27.1 Å². The van der Waals surface area contributed by atoms with E-state index < -0.39 is 20.5 Å². The normalized spacial score (nSPS) is 16.4. The predicted molar refractivity (Wildman–Crippen MR) is 130 cm³/mol. The Morgan fingerprint density at radius 1 is 1.15 bits per heavy atom. The molecule has 11 heteroatoms. The number of benzene rings is 2. The maximum absolute atomic E-state index is 13.2. The Morgan fingerprint density at radius 3 is 2.50 bits per heavy atom. The summed E-state index contributed by atoms with van der Waals surface area (Å²) in [5, 5.41) is 11.8. The van der Waals surface area contributed by atoms with Gasteiger partial charge in [-0.1, -0.05) is 25.1 Å². The topological polar surface area (TPSA) is 119 Å². The molecule has 3 aromatic rings. The van der Waals surface area contributed by atoms with E-state index in [1.807, 2.05) is 11.0 Å². The molecule has 4 rings (SSSR count). The quantitative estimate of drug-likeness (QED) is 0.422. The third-order valence-corrected chi connectivity index (χ3v) is 7.59. The van der Waals surface area contributed by atoms with Gasteiger partial charge >= 0.3 is 0 Å². The minimum Gasteiger partial charge on any atom is -0.366 e. The number of hydrogen-bond acceptors (Lipinski definition) is 6. The highest BCUT2D eigenvalue weighted by Gasteiger charge is 2.28. The largest absolute Gasteiger partial charge is 0.366 e. The van der Waals surface area contributed by atoms with Crippen LogP contribution in [0, 0.1) is 23.0 Å². The Kier molecular flexibility index (Phi) is 6.22. The predicted octanol–water partition coefficient (Wildman–Crippen LogP) is 3.43. The highest BCUT2D eigenvalue weighted by molar-refractivity contribution is 7.92. The van der Waals surface area contributed by atoms with Gasteiger partial charge in [0, 0.05) is 26.2 Å². The standard InChI is InChI=1S/C23H27N5O5S/c1-16-8-7-13-26(15-16)20-12-11-19(14-21(20)28(30)31)34(32,33)24-22-17(2)25(3)27(23(22)29)18-9-5-4-6-10-18/h4-6,9-12,14,16,24H,7-8,13,15H2,1-3H3/t16-/m1/s1. The monoisotopic (exact) mass is 485 g/mol. The summed E-state index contributed by atoms with van der Waals surface area (Å²) in [7, 11) is -2.60. The number of anilines is 2. The molecular formula is C23H27N5O5S. The molecule has 0 spiro atoms. The van der Waals surface area contributed by atoms with Crippen molar-refractivity contribution in [3.8, 4) is 5.69 Å². The van der Waals surface area contributed by atoms with Crippen molar-refractivity contribution in [2.24, 2.45) is 13.0 Å². The molecule has 0 bridgehead atoms. The highest BCUT2D eigenvalue weighted by Crippen LogP contribution is 2.34. The van der Waals surface area contributed by atoms with E-state index in [1.54, 1.807) is 42.9 Å². The molecule has 1 N–H and O–H groups in total. The lowest BCUT2D eigenvalue weighted by atomic mass is 9.99. The van der Waals surface area contributed by atoms with Crippen molar-refractivity contribution in [3.05, 3.63) is 74.7 Å². The minimum atomic E-state index is -4.26. The molecule has 2 aromatic carbocycles. The van der Waals surface area contributed by atoms with Crippen LogP contribution in [0.25, 0.3) is 5.69 Å². The lowest BCUT2D eigenvalue weighted by molar-refractivity contribution is -0.384. The summed E-state index contributed by atoms with van der Waals surface area (Å²) in [6.07, 6.45) is 1.97. The second-order valence-electron chi connectivity index (χ2n) is 8.64. The van der Waals surface area contributed by atoms with Gasteiger partial charge in [0.1, 0.15) is 11.4 Å². The Bertz CT molecular complexity index is 1400. The molecule has 0 amide bonds. The number of nitrogens with one attached hydrogen (secondary N) is 1. The Hall–Kier alpha value is -3.60. The zero-order chi connectivity index (χ0) is 24.6. The molecule has 1 aromatic heterocycles. The summed E-state index contributed by atoms with van der Waals surface area (Å²) in [5.41, 5.74) is 0.470. The maximum atomic E-state index is 13.2. The molecule has 1 aliphatic rings. The lowest BCUT2D eigenvalue weighted by Crippen LogP contribution is -2.34. The van der Waals surface area contributed by atoms with Gasteiger partial charge in [-0.2, -0.15) is 0 Å². The number of para-hydroxylation sites is 1. The van der Waals surface area contributed by atoms with Gasteiger partial charge in [0.25, 0.3) is 21.3 Å². The van der Waals surface area contributed by atoms with E-state index in [-0.39, 0.29) is 16.3 Å². The first kappa shape index (κ1) is 23.6. The van der Waals surface area contributed by atoms with Crippen molar-refractivity contribution in [3.63, 3.8) is 0 Å². The van der Waals surface area contributed by atoms with E-state index in [0.29, 0.717) is 36.1 Å². The molecule has 0 aliphatic carbocycles. The smallest absolute Gasteiger partial charge is 0.296 e. The van der Waals surface area contributed by atoms with Gasteiger partial charge in [0.05, 0.1) is 21.2 Å². The summed E-state index contributed by atoms with van der Waals surface area (Å²) in [4.78, 5) is 26.0. The fourth-order valence-corrected chi connectivity index (χ4v) is 5.51. The first-order chi connectivity index (χ1) is 16.1. The van der Waals surface area contributed by atoms with Crippen LogP contribution < -0.4 is 15.2 Å². The van der Waals surface area contributed by atoms with E-state index in [2.05, 4.69) is 11.6 Å². The van der Waals surface area contributed by atoms with E-state index in [9.17, 15) is 23.3 Å². The van der Waals surface area contributed by atoms with E-state index in [0.717, 1.165) is 18.9 Å². The Morgan fingerprint density at radius 2 is 1.85 bits per heavy atom. The summed E-state index contributed by atoms with van der Waals surface area (Å²) in [5.74, 6) is 0.395. The zero-order valence-electron chi connectivity index (χ0n) is 19.3. The van der Waals surface area contributed by atoms with Crippen LogP contribution in [-0.4, -0.2) is 35.8 Å². The second kappa shape index (κ2) is 8.98. The summed E-state index contributed by atoms with van der Waals surface area (Å²) >= 11 is 0. The third kappa shape index (κ3) is 4.30. The van der Waals surface area contributed by atoms with Crippen LogP contribution in [0.2, 0.25) is 0 Å². The van der Waals surface area contributed by atoms with Crippen LogP contribution in [0.3, 0.4) is 0 Å². The molecule has 34 heavy (non-hydrogen) atoms. The molecule has 0 unspecified atom stereocenters. The molecule has 0 radical (unpaired) electrons. The molecule has 1 fully saturated rings. The zero-order valence-corrected chi connectivity index (χ0v) is 20.1. The van der Waals surface area contributed by atoms with Gasteiger partial charge < -0.3 is 4.90 Å². The lowest BCUT2D eigenvalue weighted by Gasteiger charge is -2.32. The number of sulfonamides is 1. The van der Waals surface area contributed by atoms with Crippen molar-refractivity contribution in [1.82, 2.24) is 9.36 Å². The van der Waals surface area contributed by atoms with Gasteiger partial charge in [-0.25, -0.2) is 13.1 Å². The molecule has 1 saturated heterocycles. The number of aromatic nitrogens is 2. The van der Waals surface area contributed by atoms with Crippen molar-refractivity contribution in [2.45, 2.75) is 31.6 Å². The SMILES string of the molecule is Cc1c(NS(=O)(=O)c2ccc(N3CCC[C@@H](C)C3)c([N+](=O)[O-])c2)c(=O)n(-c2ccccc2)n1C. The summed E-state index contributed by atoms with van der Waals surface area (Å²) < 4.78 is 31.6. The van der Waals surface area contributed by atoms with Crippen LogP contribution in [0.5, 0.6) is 0 Å². The molecule has 0 saturated carbocycles. The van der Waals surface area contributed by atoms with Crippen LogP contribution in [0.1, 0.15) is 25.5 Å². The Balaban J connectivity index is 1.72. The second-order valence-corrected chi connectivity index (χ2v) is 10.3. The maximum Gasteiger partial charge on any atom is 0.296 e. The van der Waals surface area contributed by atoms with Crippen LogP contribution in [0.15, 0.2) is 58.2 Å². The van der Waals surface area contributed by atoms with Crippen LogP contribution in [-0.2, 0) is 17.1 Å². The number of nitrogens with zero attached hydrogens (tertiary/aromatic N) is 4. The van der Waals surface area contributed by atoms with Gasteiger partial charge in [0.15, 0.2) is 0 Å². The third-order valence-electron chi connectivity index (χ3n) is 6.24. The number of hydrogen-bond donors (Lipinski definition) is 1. The number of rotatable bonds is 6. The van der Waals surface area contributed by atoms with E-state index in [1.165, 1.54) is 16.8 Å². The number of nitro benzene ring substituents is 1. The molecule has 1 atom stereocenters. The van der Waals surface area contributed by atoms with Gasteiger partial charge in [-0.15, -0.1) is 0 Å². The van der Waals surface area contributed by atoms with Gasteiger partial charge in [-0.3, -0.25) is 24.3 Å². The van der Waals surface area contributed by atoms with Crippen molar-refractivity contribution < 1.29 is 13.3 Å². The molecule has 10 nitrogen and oxygen atoms in total. The fraction of sp³-hybridized carbons (Fsp3) is 0.348. The van der Waals surface area contributed by atoms with Crippen molar-refractivity contribution in [1.29, 1.82) is 0 Å². The first-order valence-electron chi connectivity index (χ1n) is 11.0. The van der Waals surface area contributed by atoms with E-state index in [4.69, 9.17) is 0 Å². The Labute approximate surface area is 197 Å². The van der Waals surface area contributed by atoms with Crippen LogP contribution in [0.4, 0.5) is 17.1 Å². The molecule has 180 valence electrons. The van der Waals surface area contributed by atoms with Crippen molar-refractivity contribution in [2.75, 3.05) is 22.7 Å². The average Bonchev–Trinajstić information content (AvgIpc) is 3.02. The summed E-state index contributed by atoms with van der Waals surface area (Å²) in [6, 6.07) is 12.7. The number of nitro groups is 1. The highest BCUT2D eigenvalue weighted by atomic mass is 32.2. The summed E-state index contributed by atoms with van der Waals surface area (Å²) in [6.45, 7) is 5.07. The number of piperidine rings is 1. The average molecular weight is 486 g/mol. The van der Waals surface area contributed by atoms with Gasteiger partial charge in [-0.05, 0) is 49.9 Å². The van der Waals surface area contributed by atoms with Crippen LogP contribution >= 0.6 is 0 Å². The van der Waals surface area contributed by atoms with Gasteiger partial charge in [0.2, 0.25) is 0 Å². The van der Waals surface area contributed by atoms with E-state index >= 15 is 0 Å². The molecule has 2 heterocycles. The molecular weight excluding hydrogens is 458 g/mol.